The largest absolute Gasteiger partial charge is 0.335 e. The van der Waals surface area contributed by atoms with Crippen molar-refractivity contribution in [2.45, 2.75) is 39.0 Å². The van der Waals surface area contributed by atoms with Crippen LogP contribution in [0.4, 0.5) is 0 Å². The lowest BCUT2D eigenvalue weighted by Crippen LogP contribution is -2.26. The summed E-state index contributed by atoms with van der Waals surface area (Å²) >= 11 is 0. The van der Waals surface area contributed by atoms with Gasteiger partial charge in [-0.2, -0.15) is 0 Å². The molecule has 0 heterocycles. The third-order valence-electron chi connectivity index (χ3n) is 2.00. The van der Waals surface area contributed by atoms with Gasteiger partial charge in [-0.1, -0.05) is 32.1 Å². The Morgan fingerprint density at radius 3 is 2.62 bits per heavy atom. The summed E-state index contributed by atoms with van der Waals surface area (Å²) in [5, 5.41) is 0. The van der Waals surface area contributed by atoms with Crippen LogP contribution in [-0.2, 0) is 4.79 Å². The fourth-order valence-corrected chi connectivity index (χ4v) is 1.12. The summed E-state index contributed by atoms with van der Waals surface area (Å²) in [6, 6.07) is 0. The van der Waals surface area contributed by atoms with Gasteiger partial charge in [0.25, 0.3) is 0 Å². The van der Waals surface area contributed by atoms with Crippen molar-refractivity contribution in [3.05, 3.63) is 0 Å². The zero-order valence-electron chi connectivity index (χ0n) is 8.68. The smallest absolute Gasteiger partial charge is 0.223 e. The Morgan fingerprint density at radius 2 is 2.08 bits per heavy atom. The first kappa shape index (κ1) is 12.0. The van der Waals surface area contributed by atoms with E-state index in [0.29, 0.717) is 13.0 Å². The van der Waals surface area contributed by atoms with Crippen LogP contribution in [-0.4, -0.2) is 24.4 Å². The van der Waals surface area contributed by atoms with Gasteiger partial charge in [0, 0.05) is 13.5 Å². The molecule has 0 aliphatic heterocycles. The van der Waals surface area contributed by atoms with Gasteiger partial charge in [0.05, 0.1) is 6.54 Å². The maximum atomic E-state index is 11.3. The number of carbonyl (C=O) groups is 1. The molecule has 0 aliphatic carbocycles. The van der Waals surface area contributed by atoms with Crippen molar-refractivity contribution in [3.8, 4) is 12.3 Å². The molecule has 0 aromatic rings. The minimum atomic E-state index is 0.161. The summed E-state index contributed by atoms with van der Waals surface area (Å²) < 4.78 is 0. The van der Waals surface area contributed by atoms with E-state index in [1.165, 1.54) is 12.8 Å². The molecule has 0 saturated heterocycles. The predicted molar refractivity (Wildman–Crippen MR) is 55.2 cm³/mol. The highest BCUT2D eigenvalue weighted by Gasteiger charge is 2.05. The highest BCUT2D eigenvalue weighted by molar-refractivity contribution is 5.76. The Labute approximate surface area is 81.3 Å². The first-order chi connectivity index (χ1) is 6.22. The molecule has 0 aromatic heterocycles. The minimum Gasteiger partial charge on any atom is -0.335 e. The van der Waals surface area contributed by atoms with E-state index in [9.17, 15) is 4.79 Å². The Kier molecular flexibility index (Phi) is 7.10. The lowest BCUT2D eigenvalue weighted by atomic mass is 10.1. The van der Waals surface area contributed by atoms with E-state index >= 15 is 0 Å². The van der Waals surface area contributed by atoms with Crippen LogP contribution in [0.25, 0.3) is 0 Å². The lowest BCUT2D eigenvalue weighted by Gasteiger charge is -2.13. The molecule has 0 aromatic carbocycles. The second kappa shape index (κ2) is 7.67. The monoisotopic (exact) mass is 181 g/mol. The standard InChI is InChI=1S/C11H19NO/c1-4-6-7-8-9-11(13)12(3)10-5-2/h2H,4,6-10H2,1,3H3. The molecule has 0 rings (SSSR count). The molecule has 0 bridgehead atoms. The highest BCUT2D eigenvalue weighted by Crippen LogP contribution is 2.03. The maximum absolute atomic E-state index is 11.3. The molecule has 2 heteroatoms. The summed E-state index contributed by atoms with van der Waals surface area (Å²) in [7, 11) is 1.75. The predicted octanol–water partition coefficient (Wildman–Crippen LogP) is 2.05. The van der Waals surface area contributed by atoms with E-state index in [4.69, 9.17) is 6.42 Å². The molecule has 13 heavy (non-hydrogen) atoms. The molecule has 0 atom stereocenters. The molecule has 0 radical (unpaired) electrons. The van der Waals surface area contributed by atoms with E-state index in [-0.39, 0.29) is 5.91 Å². The van der Waals surface area contributed by atoms with Crippen molar-refractivity contribution in [2.75, 3.05) is 13.6 Å². The van der Waals surface area contributed by atoms with Crippen LogP contribution in [0.15, 0.2) is 0 Å². The zero-order chi connectivity index (χ0) is 10.1. The number of carbonyl (C=O) groups excluding carboxylic acids is 1. The molecule has 2 nitrogen and oxygen atoms in total. The number of hydrogen-bond donors (Lipinski definition) is 0. The van der Waals surface area contributed by atoms with Crippen LogP contribution in [0.1, 0.15) is 39.0 Å². The van der Waals surface area contributed by atoms with E-state index < -0.39 is 0 Å². The van der Waals surface area contributed by atoms with E-state index in [1.807, 2.05) is 0 Å². The van der Waals surface area contributed by atoms with Gasteiger partial charge in [0.1, 0.15) is 0 Å². The Morgan fingerprint density at radius 1 is 1.38 bits per heavy atom. The number of nitrogens with zero attached hydrogens (tertiary/aromatic N) is 1. The molecular formula is C11H19NO. The van der Waals surface area contributed by atoms with Gasteiger partial charge in [0.15, 0.2) is 0 Å². The Balaban J connectivity index is 3.45. The number of terminal acetylenes is 1. The normalized spacial score (nSPS) is 9.31. The maximum Gasteiger partial charge on any atom is 0.223 e. The molecule has 0 saturated carbocycles. The number of rotatable bonds is 6. The van der Waals surface area contributed by atoms with Crippen LogP contribution in [0.2, 0.25) is 0 Å². The second-order valence-electron chi connectivity index (χ2n) is 3.26. The van der Waals surface area contributed by atoms with Gasteiger partial charge >= 0.3 is 0 Å². The SMILES string of the molecule is C#CCN(C)C(=O)CCCCCC. The first-order valence-corrected chi connectivity index (χ1v) is 4.89. The van der Waals surface area contributed by atoms with Gasteiger partial charge in [-0.05, 0) is 6.42 Å². The summed E-state index contributed by atoms with van der Waals surface area (Å²) in [4.78, 5) is 12.9. The zero-order valence-corrected chi connectivity index (χ0v) is 8.68. The van der Waals surface area contributed by atoms with Crippen molar-refractivity contribution in [2.24, 2.45) is 0 Å². The second-order valence-corrected chi connectivity index (χ2v) is 3.26. The Bertz CT molecular complexity index is 181. The van der Waals surface area contributed by atoms with Crippen molar-refractivity contribution in [1.29, 1.82) is 0 Å². The van der Waals surface area contributed by atoms with E-state index in [1.54, 1.807) is 11.9 Å². The highest BCUT2D eigenvalue weighted by atomic mass is 16.2. The van der Waals surface area contributed by atoms with Crippen molar-refractivity contribution < 1.29 is 4.79 Å². The molecule has 0 fully saturated rings. The fourth-order valence-electron chi connectivity index (χ4n) is 1.12. The van der Waals surface area contributed by atoms with E-state index in [0.717, 1.165) is 12.8 Å². The fraction of sp³-hybridized carbons (Fsp3) is 0.727. The van der Waals surface area contributed by atoms with Gasteiger partial charge in [0.2, 0.25) is 5.91 Å². The average Bonchev–Trinajstić information content (AvgIpc) is 2.12. The van der Waals surface area contributed by atoms with Crippen LogP contribution in [0, 0.1) is 12.3 Å². The summed E-state index contributed by atoms with van der Waals surface area (Å²) in [5.74, 6) is 2.62. The van der Waals surface area contributed by atoms with Crippen molar-refractivity contribution in [1.82, 2.24) is 4.90 Å². The van der Waals surface area contributed by atoms with Crippen LogP contribution < -0.4 is 0 Å². The van der Waals surface area contributed by atoms with Crippen LogP contribution in [0.3, 0.4) is 0 Å². The summed E-state index contributed by atoms with van der Waals surface area (Å²) in [6.07, 6.45) is 10.3. The van der Waals surface area contributed by atoms with Gasteiger partial charge < -0.3 is 4.90 Å². The quantitative estimate of drug-likeness (QED) is 0.453. The summed E-state index contributed by atoms with van der Waals surface area (Å²) in [6.45, 7) is 2.58. The molecule has 0 aliphatic rings. The van der Waals surface area contributed by atoms with Gasteiger partial charge in [-0.25, -0.2) is 0 Å². The molecular weight excluding hydrogens is 162 g/mol. The molecule has 1 amide bonds. The topological polar surface area (TPSA) is 20.3 Å². The Hall–Kier alpha value is -0.970. The third-order valence-corrected chi connectivity index (χ3v) is 2.00. The first-order valence-electron chi connectivity index (χ1n) is 4.89. The summed E-state index contributed by atoms with van der Waals surface area (Å²) in [5.41, 5.74) is 0. The van der Waals surface area contributed by atoms with E-state index in [2.05, 4.69) is 12.8 Å². The van der Waals surface area contributed by atoms with Crippen LogP contribution >= 0.6 is 0 Å². The molecule has 0 N–H and O–H groups in total. The molecule has 0 unspecified atom stereocenters. The number of amides is 1. The molecule has 0 spiro atoms. The third kappa shape index (κ3) is 6.21. The van der Waals surface area contributed by atoms with Crippen molar-refractivity contribution >= 4 is 5.91 Å². The van der Waals surface area contributed by atoms with Crippen molar-refractivity contribution in [3.63, 3.8) is 0 Å². The van der Waals surface area contributed by atoms with Crippen LogP contribution in [0.5, 0.6) is 0 Å². The molecule has 74 valence electrons. The average molecular weight is 181 g/mol. The lowest BCUT2D eigenvalue weighted by molar-refractivity contribution is -0.129. The minimum absolute atomic E-state index is 0.161. The van der Waals surface area contributed by atoms with Gasteiger partial charge in [-0.15, -0.1) is 6.42 Å². The van der Waals surface area contributed by atoms with Gasteiger partial charge in [-0.3, -0.25) is 4.79 Å². The number of hydrogen-bond acceptors (Lipinski definition) is 1. The number of unbranched alkanes of at least 4 members (excludes halogenated alkanes) is 3.